The van der Waals surface area contributed by atoms with Crippen LogP contribution < -0.4 is 0 Å². The molecular formula is C2H6FO3P. The third-order valence-electron chi connectivity index (χ3n) is 0.325. The molecule has 0 rings (SSSR count). The topological polar surface area (TPSA) is 35.5 Å². The smallest absolute Gasteiger partial charge is 0.309 e. The molecule has 44 valence electrons. The molecule has 0 spiro atoms. The predicted octanol–water partition coefficient (Wildman–Crippen LogP) is 1.31. The van der Waals surface area contributed by atoms with Gasteiger partial charge < -0.3 is 4.52 Å². The second kappa shape index (κ2) is 4.24. The summed E-state index contributed by atoms with van der Waals surface area (Å²) in [6.07, 6.45) is 0. The number of hydrogen-bond acceptors (Lipinski definition) is 3. The lowest BCUT2D eigenvalue weighted by Crippen LogP contribution is -1.74. The van der Waals surface area contributed by atoms with E-state index in [2.05, 4.69) is 9.25 Å². The lowest BCUT2D eigenvalue weighted by molar-refractivity contribution is -0.0152. The third-order valence-corrected chi connectivity index (χ3v) is 0.976. The molecule has 1 unspecified atom stereocenters. The Labute approximate surface area is 41.3 Å². The van der Waals surface area contributed by atoms with Crippen LogP contribution in [0.2, 0.25) is 0 Å². The van der Waals surface area contributed by atoms with Crippen molar-refractivity contribution >= 4 is 8.25 Å². The summed E-state index contributed by atoms with van der Waals surface area (Å²) in [4.78, 5) is 0. The summed E-state index contributed by atoms with van der Waals surface area (Å²) >= 11 is 0. The van der Waals surface area contributed by atoms with Gasteiger partial charge >= 0.3 is 8.25 Å². The number of hydrogen-bond donors (Lipinski definition) is 0. The van der Waals surface area contributed by atoms with Crippen LogP contribution in [-0.2, 0) is 13.8 Å². The van der Waals surface area contributed by atoms with Gasteiger partial charge in [-0.2, -0.15) is 0 Å². The molecule has 0 aliphatic rings. The minimum absolute atomic E-state index is 0.210. The van der Waals surface area contributed by atoms with Gasteiger partial charge in [-0.25, -0.2) is 0 Å². The maximum atomic E-state index is 10.7. The molecule has 5 heteroatoms. The van der Waals surface area contributed by atoms with Crippen molar-refractivity contribution in [1.82, 2.24) is 0 Å². The summed E-state index contributed by atoms with van der Waals surface area (Å²) in [6.45, 7) is 1.81. The zero-order valence-electron chi connectivity index (χ0n) is 3.81. The fourth-order valence-corrected chi connectivity index (χ4v) is 0.420. The largest absolute Gasteiger partial charge is 0.352 e. The van der Waals surface area contributed by atoms with E-state index in [0.717, 1.165) is 0 Å². The fourth-order valence-electron chi connectivity index (χ4n) is 0.140. The summed E-state index contributed by atoms with van der Waals surface area (Å²) < 4.78 is 27.4. The third kappa shape index (κ3) is 3.92. The lowest BCUT2D eigenvalue weighted by atomic mass is 10.9. The molecule has 0 bridgehead atoms. The van der Waals surface area contributed by atoms with Gasteiger partial charge in [0.15, 0.2) is 0 Å². The summed E-state index contributed by atoms with van der Waals surface area (Å²) in [7, 11) is -2.80. The first kappa shape index (κ1) is 7.08. The number of rotatable bonds is 3. The molecule has 0 radical (unpaired) electrons. The SMILES string of the molecule is CCO[PH](=O)OF. The van der Waals surface area contributed by atoms with Crippen molar-refractivity contribution in [3.8, 4) is 0 Å². The quantitative estimate of drug-likeness (QED) is 0.537. The molecule has 0 fully saturated rings. The van der Waals surface area contributed by atoms with Crippen LogP contribution in [0.15, 0.2) is 0 Å². The van der Waals surface area contributed by atoms with E-state index in [1.54, 1.807) is 6.92 Å². The van der Waals surface area contributed by atoms with Crippen LogP contribution >= 0.6 is 8.25 Å². The molecular weight excluding hydrogens is 122 g/mol. The lowest BCUT2D eigenvalue weighted by Gasteiger charge is -1.89. The molecule has 0 saturated heterocycles. The van der Waals surface area contributed by atoms with Crippen LogP contribution in [0, 0.1) is 0 Å². The Morgan fingerprint density at radius 3 is 2.57 bits per heavy atom. The van der Waals surface area contributed by atoms with E-state index in [9.17, 15) is 9.09 Å². The summed E-state index contributed by atoms with van der Waals surface area (Å²) in [6, 6.07) is 0. The van der Waals surface area contributed by atoms with E-state index in [1.165, 1.54) is 0 Å². The van der Waals surface area contributed by atoms with Crippen LogP contribution in [0.3, 0.4) is 0 Å². The Hall–Kier alpha value is 0.0800. The fraction of sp³-hybridized carbons (Fsp3) is 1.00. The highest BCUT2D eigenvalue weighted by Crippen LogP contribution is 2.22. The minimum atomic E-state index is -2.80. The van der Waals surface area contributed by atoms with Crippen molar-refractivity contribution in [2.24, 2.45) is 0 Å². The first-order valence-electron chi connectivity index (χ1n) is 1.76. The molecule has 0 aromatic carbocycles. The Kier molecular flexibility index (Phi) is 4.29. The Balaban J connectivity index is 3.00. The van der Waals surface area contributed by atoms with Crippen molar-refractivity contribution in [3.63, 3.8) is 0 Å². The molecule has 0 aromatic heterocycles. The summed E-state index contributed by atoms with van der Waals surface area (Å²) in [5, 5.41) is 0. The molecule has 0 heterocycles. The Morgan fingerprint density at radius 1 is 1.86 bits per heavy atom. The normalized spacial score (nSPS) is 14.0. The molecule has 0 N–H and O–H groups in total. The molecule has 0 aliphatic carbocycles. The van der Waals surface area contributed by atoms with Crippen molar-refractivity contribution in [2.45, 2.75) is 6.92 Å². The van der Waals surface area contributed by atoms with Crippen LogP contribution in [0.25, 0.3) is 0 Å². The van der Waals surface area contributed by atoms with Crippen LogP contribution in [0.1, 0.15) is 6.92 Å². The zero-order valence-corrected chi connectivity index (χ0v) is 4.81. The first-order chi connectivity index (χ1) is 3.31. The van der Waals surface area contributed by atoms with Crippen molar-refractivity contribution in [2.75, 3.05) is 6.61 Å². The Bertz CT molecular complexity index is 66.0. The van der Waals surface area contributed by atoms with Gasteiger partial charge in [0.1, 0.15) is 0 Å². The van der Waals surface area contributed by atoms with Gasteiger partial charge in [0.2, 0.25) is 0 Å². The monoisotopic (exact) mass is 128 g/mol. The first-order valence-corrected chi connectivity index (χ1v) is 2.99. The van der Waals surface area contributed by atoms with E-state index < -0.39 is 8.25 Å². The number of halogens is 1. The van der Waals surface area contributed by atoms with E-state index in [4.69, 9.17) is 0 Å². The maximum Gasteiger partial charge on any atom is 0.352 e. The zero-order chi connectivity index (χ0) is 5.70. The van der Waals surface area contributed by atoms with Gasteiger partial charge in [0.25, 0.3) is 0 Å². The average molecular weight is 128 g/mol. The summed E-state index contributed by atoms with van der Waals surface area (Å²) in [5.74, 6) is 0. The van der Waals surface area contributed by atoms with E-state index >= 15 is 0 Å². The Morgan fingerprint density at radius 2 is 2.43 bits per heavy atom. The molecule has 3 nitrogen and oxygen atoms in total. The van der Waals surface area contributed by atoms with Crippen molar-refractivity contribution < 1.29 is 18.3 Å². The molecule has 0 amide bonds. The molecule has 0 aromatic rings. The van der Waals surface area contributed by atoms with Crippen LogP contribution in [0.5, 0.6) is 0 Å². The molecule has 1 atom stereocenters. The molecule has 0 aliphatic heterocycles. The van der Waals surface area contributed by atoms with Crippen LogP contribution in [0.4, 0.5) is 4.53 Å². The van der Waals surface area contributed by atoms with E-state index in [1.807, 2.05) is 0 Å². The van der Waals surface area contributed by atoms with Gasteiger partial charge in [0.05, 0.1) is 6.61 Å². The van der Waals surface area contributed by atoms with E-state index in [-0.39, 0.29) is 6.61 Å². The highest BCUT2D eigenvalue weighted by atomic mass is 31.1. The molecule has 0 saturated carbocycles. The summed E-state index contributed by atoms with van der Waals surface area (Å²) in [5.41, 5.74) is 0. The van der Waals surface area contributed by atoms with Gasteiger partial charge in [0, 0.05) is 0 Å². The minimum Gasteiger partial charge on any atom is -0.309 e. The van der Waals surface area contributed by atoms with Gasteiger partial charge in [-0.3, -0.25) is 4.57 Å². The van der Waals surface area contributed by atoms with Gasteiger partial charge in [-0.05, 0) is 11.4 Å². The standard InChI is InChI=1S/C2H6FO3P/c1-2-5-7(4)6-3/h7H,2H2,1H3. The maximum absolute atomic E-state index is 10.7. The van der Waals surface area contributed by atoms with Crippen LogP contribution in [-0.4, -0.2) is 6.61 Å². The van der Waals surface area contributed by atoms with E-state index in [0.29, 0.717) is 0 Å². The highest BCUT2D eigenvalue weighted by molar-refractivity contribution is 7.33. The van der Waals surface area contributed by atoms with Gasteiger partial charge in [-0.1, -0.05) is 0 Å². The highest BCUT2D eigenvalue weighted by Gasteiger charge is 1.92. The van der Waals surface area contributed by atoms with Gasteiger partial charge in [-0.15, -0.1) is 4.73 Å². The molecule has 7 heavy (non-hydrogen) atoms. The predicted molar refractivity (Wildman–Crippen MR) is 22.8 cm³/mol. The van der Waals surface area contributed by atoms with Crippen molar-refractivity contribution in [1.29, 1.82) is 0 Å². The second-order valence-electron chi connectivity index (χ2n) is 0.760. The average Bonchev–Trinajstić information content (AvgIpc) is 1.68. The second-order valence-corrected chi connectivity index (χ2v) is 1.70. The van der Waals surface area contributed by atoms with Crippen molar-refractivity contribution in [3.05, 3.63) is 0 Å².